The molecule has 0 bridgehead atoms. The third-order valence-corrected chi connectivity index (χ3v) is 1.45. The summed E-state index contributed by atoms with van der Waals surface area (Å²) >= 11 is 0. The van der Waals surface area contributed by atoms with Crippen molar-refractivity contribution < 1.29 is 14.6 Å². The van der Waals surface area contributed by atoms with E-state index in [2.05, 4.69) is 6.58 Å². The van der Waals surface area contributed by atoms with Gasteiger partial charge in [0.05, 0.1) is 6.26 Å². The summed E-state index contributed by atoms with van der Waals surface area (Å²) in [6.07, 6.45) is 3.44. The van der Waals surface area contributed by atoms with E-state index in [-0.39, 0.29) is 6.10 Å². The highest BCUT2D eigenvalue weighted by Crippen LogP contribution is 2.04. The van der Waals surface area contributed by atoms with Crippen LogP contribution in [0.3, 0.4) is 0 Å². The fraction of sp³-hybridized carbons (Fsp3) is 0.444. The summed E-state index contributed by atoms with van der Waals surface area (Å²) in [6.45, 7) is 6.86. The SMILES string of the molecule is C=COC(C=C(C)C(=O)O)CC. The molecule has 1 atom stereocenters. The van der Waals surface area contributed by atoms with Crippen molar-refractivity contribution in [1.29, 1.82) is 0 Å². The Balaban J connectivity index is 4.24. The Morgan fingerprint density at radius 2 is 2.33 bits per heavy atom. The number of rotatable bonds is 5. The molecule has 0 aliphatic heterocycles. The van der Waals surface area contributed by atoms with Crippen molar-refractivity contribution in [3.05, 3.63) is 24.5 Å². The second kappa shape index (κ2) is 5.41. The van der Waals surface area contributed by atoms with Crippen molar-refractivity contribution in [2.45, 2.75) is 26.4 Å². The molecule has 0 aromatic rings. The van der Waals surface area contributed by atoms with Gasteiger partial charge < -0.3 is 9.84 Å². The fourth-order valence-corrected chi connectivity index (χ4v) is 0.727. The summed E-state index contributed by atoms with van der Waals surface area (Å²) in [5.41, 5.74) is 0.295. The van der Waals surface area contributed by atoms with Gasteiger partial charge in [-0.25, -0.2) is 4.79 Å². The maximum atomic E-state index is 10.4. The minimum Gasteiger partial charge on any atom is -0.495 e. The van der Waals surface area contributed by atoms with E-state index < -0.39 is 5.97 Å². The molecule has 0 heterocycles. The predicted octanol–water partition coefficient (Wildman–Crippen LogP) is 1.96. The average Bonchev–Trinajstić information content (AvgIpc) is 2.03. The molecule has 0 radical (unpaired) electrons. The standard InChI is InChI=1S/C9H14O3/c1-4-8(12-5-2)6-7(3)9(10)11/h5-6,8H,2,4H2,1,3H3,(H,10,11). The van der Waals surface area contributed by atoms with E-state index >= 15 is 0 Å². The Morgan fingerprint density at radius 1 is 1.75 bits per heavy atom. The Bertz CT molecular complexity index is 194. The van der Waals surface area contributed by atoms with Crippen molar-refractivity contribution in [2.24, 2.45) is 0 Å². The lowest BCUT2D eigenvalue weighted by molar-refractivity contribution is -0.132. The Morgan fingerprint density at radius 3 is 2.67 bits per heavy atom. The van der Waals surface area contributed by atoms with E-state index in [4.69, 9.17) is 9.84 Å². The quantitative estimate of drug-likeness (QED) is 0.506. The second-order valence-corrected chi connectivity index (χ2v) is 2.40. The summed E-state index contributed by atoms with van der Waals surface area (Å²) in [6, 6.07) is 0. The van der Waals surface area contributed by atoms with Gasteiger partial charge in [-0.05, 0) is 19.4 Å². The van der Waals surface area contributed by atoms with Crippen LogP contribution in [0.15, 0.2) is 24.5 Å². The lowest BCUT2D eigenvalue weighted by atomic mass is 10.2. The minimum atomic E-state index is -0.916. The summed E-state index contributed by atoms with van der Waals surface area (Å²) in [4.78, 5) is 10.4. The first-order valence-electron chi connectivity index (χ1n) is 3.79. The van der Waals surface area contributed by atoms with Crippen molar-refractivity contribution >= 4 is 5.97 Å². The minimum absolute atomic E-state index is 0.182. The van der Waals surface area contributed by atoms with E-state index in [0.29, 0.717) is 5.57 Å². The lowest BCUT2D eigenvalue weighted by Crippen LogP contribution is -2.07. The van der Waals surface area contributed by atoms with Gasteiger partial charge >= 0.3 is 5.97 Å². The maximum absolute atomic E-state index is 10.4. The van der Waals surface area contributed by atoms with Gasteiger partial charge in [0, 0.05) is 5.57 Å². The number of hydrogen-bond donors (Lipinski definition) is 1. The van der Waals surface area contributed by atoms with Gasteiger partial charge in [-0.15, -0.1) is 0 Å². The third kappa shape index (κ3) is 3.81. The first kappa shape index (κ1) is 10.8. The zero-order valence-electron chi connectivity index (χ0n) is 7.41. The van der Waals surface area contributed by atoms with Crippen LogP contribution in [0.5, 0.6) is 0 Å². The van der Waals surface area contributed by atoms with Crippen LogP contribution in [0.4, 0.5) is 0 Å². The molecule has 0 aliphatic rings. The van der Waals surface area contributed by atoms with Gasteiger partial charge in [-0.1, -0.05) is 13.5 Å². The fourth-order valence-electron chi connectivity index (χ4n) is 0.727. The molecule has 12 heavy (non-hydrogen) atoms. The Kier molecular flexibility index (Phi) is 4.84. The number of hydrogen-bond acceptors (Lipinski definition) is 2. The van der Waals surface area contributed by atoms with Gasteiger partial charge in [0.2, 0.25) is 0 Å². The molecular formula is C9H14O3. The molecule has 0 saturated heterocycles. The summed E-state index contributed by atoms with van der Waals surface area (Å²) in [7, 11) is 0. The molecule has 0 saturated carbocycles. The summed E-state index contributed by atoms with van der Waals surface area (Å²) in [5.74, 6) is -0.916. The topological polar surface area (TPSA) is 46.5 Å². The first-order chi connectivity index (χ1) is 5.61. The highest BCUT2D eigenvalue weighted by atomic mass is 16.5. The maximum Gasteiger partial charge on any atom is 0.331 e. The zero-order chi connectivity index (χ0) is 9.56. The molecule has 3 nitrogen and oxygen atoms in total. The molecule has 0 rings (SSSR count). The molecule has 0 spiro atoms. The predicted molar refractivity (Wildman–Crippen MR) is 46.8 cm³/mol. The molecule has 0 aromatic carbocycles. The van der Waals surface area contributed by atoms with E-state index in [1.165, 1.54) is 13.2 Å². The van der Waals surface area contributed by atoms with E-state index in [9.17, 15) is 4.79 Å². The van der Waals surface area contributed by atoms with Gasteiger partial charge in [-0.3, -0.25) is 0 Å². The third-order valence-electron chi connectivity index (χ3n) is 1.45. The Hall–Kier alpha value is -1.25. The molecule has 3 heteroatoms. The number of carboxylic acid groups (broad SMARTS) is 1. The lowest BCUT2D eigenvalue weighted by Gasteiger charge is -2.09. The molecule has 68 valence electrons. The molecule has 0 amide bonds. The van der Waals surface area contributed by atoms with Crippen LogP contribution in [-0.2, 0) is 9.53 Å². The first-order valence-corrected chi connectivity index (χ1v) is 3.79. The monoisotopic (exact) mass is 170 g/mol. The number of ether oxygens (including phenoxy) is 1. The van der Waals surface area contributed by atoms with Crippen LogP contribution in [0.25, 0.3) is 0 Å². The van der Waals surface area contributed by atoms with Crippen molar-refractivity contribution in [1.82, 2.24) is 0 Å². The molecule has 0 aliphatic carbocycles. The smallest absolute Gasteiger partial charge is 0.331 e. The second-order valence-electron chi connectivity index (χ2n) is 2.40. The van der Waals surface area contributed by atoms with Crippen LogP contribution in [0.1, 0.15) is 20.3 Å². The van der Waals surface area contributed by atoms with Crippen molar-refractivity contribution in [3.63, 3.8) is 0 Å². The molecule has 1 N–H and O–H groups in total. The Labute approximate surface area is 72.3 Å². The zero-order valence-corrected chi connectivity index (χ0v) is 7.41. The highest BCUT2D eigenvalue weighted by Gasteiger charge is 2.05. The van der Waals surface area contributed by atoms with Crippen LogP contribution >= 0.6 is 0 Å². The van der Waals surface area contributed by atoms with E-state index in [0.717, 1.165) is 6.42 Å². The van der Waals surface area contributed by atoms with Gasteiger partial charge in [0.25, 0.3) is 0 Å². The van der Waals surface area contributed by atoms with Gasteiger partial charge in [0.1, 0.15) is 6.10 Å². The van der Waals surface area contributed by atoms with Gasteiger partial charge in [0.15, 0.2) is 0 Å². The normalized spacial score (nSPS) is 13.7. The van der Waals surface area contributed by atoms with Crippen LogP contribution < -0.4 is 0 Å². The molecule has 0 fully saturated rings. The van der Waals surface area contributed by atoms with Crippen LogP contribution in [-0.4, -0.2) is 17.2 Å². The number of aliphatic carboxylic acids is 1. The number of carbonyl (C=O) groups is 1. The summed E-state index contributed by atoms with van der Waals surface area (Å²) in [5, 5.41) is 8.54. The highest BCUT2D eigenvalue weighted by molar-refractivity contribution is 5.85. The number of carboxylic acids is 1. The molecular weight excluding hydrogens is 156 g/mol. The van der Waals surface area contributed by atoms with Crippen LogP contribution in [0, 0.1) is 0 Å². The molecule has 1 unspecified atom stereocenters. The van der Waals surface area contributed by atoms with E-state index in [1.54, 1.807) is 6.08 Å². The van der Waals surface area contributed by atoms with Crippen molar-refractivity contribution in [3.8, 4) is 0 Å². The largest absolute Gasteiger partial charge is 0.495 e. The van der Waals surface area contributed by atoms with Crippen molar-refractivity contribution in [2.75, 3.05) is 0 Å². The molecule has 0 aromatic heterocycles. The van der Waals surface area contributed by atoms with Crippen LogP contribution in [0.2, 0.25) is 0 Å². The van der Waals surface area contributed by atoms with E-state index in [1.807, 2.05) is 6.92 Å². The summed E-state index contributed by atoms with van der Waals surface area (Å²) < 4.78 is 5.04. The van der Waals surface area contributed by atoms with Gasteiger partial charge in [-0.2, -0.15) is 0 Å². The average molecular weight is 170 g/mol.